The molecule has 0 saturated carbocycles. The molecule has 0 bridgehead atoms. The Morgan fingerprint density at radius 2 is 1.09 bits per heavy atom. The van der Waals surface area contributed by atoms with Gasteiger partial charge in [-0.05, 0) is 52.5 Å². The monoisotopic (exact) mass is 679 g/mol. The van der Waals surface area contributed by atoms with Gasteiger partial charge in [0.2, 0.25) is 24.8 Å². The zero-order chi connectivity index (χ0) is 34.9. The van der Waals surface area contributed by atoms with Crippen LogP contribution in [0.25, 0.3) is 0 Å². The van der Waals surface area contributed by atoms with Gasteiger partial charge in [0.25, 0.3) is 5.08 Å². The van der Waals surface area contributed by atoms with E-state index < -0.39 is 87.4 Å². The van der Waals surface area contributed by atoms with Crippen LogP contribution < -0.4 is 17.2 Å². The zero-order valence-corrected chi connectivity index (χ0v) is 28.0. The number of carbonyl (C=O) groups excluding carboxylic acids is 4. The Kier molecular flexibility index (Phi) is 15.8. The lowest BCUT2D eigenvalue weighted by molar-refractivity contribution is -0.186. The smallest absolute Gasteiger partial charge is 0.380 e. The summed E-state index contributed by atoms with van der Waals surface area (Å²) < 4.78 is 55.7. The molecule has 0 aliphatic rings. The molecule has 1 unspecified atom stereocenters. The average Bonchev–Trinajstić information content (AvgIpc) is 2.88. The molecule has 0 aliphatic heterocycles. The minimum absolute atomic E-state index is 0.220. The fraction of sp³-hybridized carbons (Fsp3) is 0.833. The van der Waals surface area contributed by atoms with Gasteiger partial charge in [-0.1, -0.05) is 27.7 Å². The fourth-order valence-corrected chi connectivity index (χ4v) is 6.31. The molecule has 0 amide bonds. The summed E-state index contributed by atoms with van der Waals surface area (Å²) >= 11 is 0. The van der Waals surface area contributed by atoms with Crippen molar-refractivity contribution in [1.29, 1.82) is 0 Å². The molecule has 0 aromatic heterocycles. The van der Waals surface area contributed by atoms with Crippen LogP contribution in [-0.2, 0) is 56.3 Å². The molecule has 0 rings (SSSR count). The van der Waals surface area contributed by atoms with E-state index >= 15 is 0 Å². The molecule has 0 saturated heterocycles. The topological polar surface area (TPSA) is 297 Å². The van der Waals surface area contributed by atoms with Gasteiger partial charge in [-0.25, -0.2) is 9.59 Å². The molecule has 258 valence electrons. The summed E-state index contributed by atoms with van der Waals surface area (Å²) in [6.07, 6.45) is -1.23. The van der Waals surface area contributed by atoms with Gasteiger partial charge in [0.15, 0.2) is 0 Å². The number of hydrogen-bond acceptors (Lipinski definition) is 16. The molecule has 44 heavy (non-hydrogen) atoms. The minimum Gasteiger partial charge on any atom is -0.446 e. The molecule has 0 aromatic rings. The van der Waals surface area contributed by atoms with Crippen molar-refractivity contribution in [2.24, 2.45) is 29.0 Å². The maximum Gasteiger partial charge on any atom is 0.380 e. The number of carbonyl (C=O) groups is 4. The van der Waals surface area contributed by atoms with Crippen LogP contribution >= 0.6 is 15.2 Å². The summed E-state index contributed by atoms with van der Waals surface area (Å²) in [7, 11) is -11.3. The third kappa shape index (κ3) is 11.4. The second-order valence-electron chi connectivity index (χ2n) is 11.5. The van der Waals surface area contributed by atoms with E-state index in [0.29, 0.717) is 0 Å². The number of aliphatic hydroxyl groups is 1. The normalized spacial score (nSPS) is 15.7. The van der Waals surface area contributed by atoms with Crippen LogP contribution in [0.2, 0.25) is 0 Å². The van der Waals surface area contributed by atoms with Crippen LogP contribution in [0.3, 0.4) is 0 Å². The standard InChI is InChI=1S/C24H47N3O15P2/c1-14(2)16(26)18(28)41-22(5,6)20(30)37-12-39-44(36,24(32,10-9-11-25)43(33,34)35)40-13-38-21(31)23(7,8)42-19(29)17(27)15(3)4/h14-17,32H,9-13,25-27H2,1-8H3,(H2,33,34,35)/t16-,17-,24?/m0/s1. The highest BCUT2D eigenvalue weighted by atomic mass is 31.2. The van der Waals surface area contributed by atoms with Gasteiger partial charge >= 0.3 is 39.1 Å². The van der Waals surface area contributed by atoms with Gasteiger partial charge in [-0.3, -0.25) is 27.8 Å². The fourth-order valence-electron chi connectivity index (χ4n) is 2.94. The molecule has 0 spiro atoms. The van der Waals surface area contributed by atoms with E-state index in [-0.39, 0.29) is 24.8 Å². The van der Waals surface area contributed by atoms with Crippen molar-refractivity contribution in [3.8, 4) is 0 Å². The molecule has 0 aliphatic carbocycles. The van der Waals surface area contributed by atoms with E-state index in [4.69, 9.17) is 45.2 Å². The van der Waals surface area contributed by atoms with Crippen LogP contribution in [0.4, 0.5) is 0 Å². The first-order valence-electron chi connectivity index (χ1n) is 13.5. The van der Waals surface area contributed by atoms with E-state index in [9.17, 15) is 43.2 Å². The van der Waals surface area contributed by atoms with Crippen molar-refractivity contribution < 1.29 is 71.2 Å². The Morgan fingerprint density at radius 3 is 1.36 bits per heavy atom. The maximum absolute atomic E-state index is 13.7. The Balaban J connectivity index is 5.91. The quantitative estimate of drug-likeness (QED) is 0.0465. The number of esters is 4. The van der Waals surface area contributed by atoms with Crippen molar-refractivity contribution in [2.75, 3.05) is 20.1 Å². The van der Waals surface area contributed by atoms with Crippen LogP contribution in [0.5, 0.6) is 0 Å². The summed E-state index contributed by atoms with van der Waals surface area (Å²) in [5, 5.41) is 7.39. The SMILES string of the molecule is CC(C)[C@H](N)C(=O)OC(C)(C)C(=O)OCOP(=O)(OCOC(=O)C(C)(C)OC(=O)[C@@H](N)C(C)C)C(O)(CCCN)P(=O)(O)O. The summed E-state index contributed by atoms with van der Waals surface area (Å²) in [5.41, 5.74) is 12.9. The average molecular weight is 680 g/mol. The van der Waals surface area contributed by atoms with E-state index in [2.05, 4.69) is 0 Å². The van der Waals surface area contributed by atoms with Gasteiger partial charge in [0, 0.05) is 6.42 Å². The summed E-state index contributed by atoms with van der Waals surface area (Å²) in [4.78, 5) is 69.4. The highest BCUT2D eigenvalue weighted by molar-refractivity contribution is 7.73. The highest BCUT2D eigenvalue weighted by Crippen LogP contribution is 2.74. The van der Waals surface area contributed by atoms with E-state index in [1.165, 1.54) is 0 Å². The Morgan fingerprint density at radius 1 is 0.750 bits per heavy atom. The van der Waals surface area contributed by atoms with E-state index in [1.54, 1.807) is 27.7 Å². The first-order chi connectivity index (χ1) is 19.8. The number of ether oxygens (including phenoxy) is 4. The first kappa shape index (κ1) is 42.0. The molecule has 9 N–H and O–H groups in total. The Labute approximate surface area is 256 Å². The van der Waals surface area contributed by atoms with Crippen LogP contribution in [0.15, 0.2) is 0 Å². The summed E-state index contributed by atoms with van der Waals surface area (Å²) in [6, 6.07) is -2.15. The van der Waals surface area contributed by atoms with Crippen LogP contribution in [0.1, 0.15) is 68.2 Å². The van der Waals surface area contributed by atoms with Crippen molar-refractivity contribution in [3.63, 3.8) is 0 Å². The first-order valence-corrected chi connectivity index (χ1v) is 16.6. The van der Waals surface area contributed by atoms with Crippen LogP contribution in [0, 0.1) is 11.8 Å². The molecular weight excluding hydrogens is 632 g/mol. The maximum atomic E-state index is 13.7. The predicted octanol–water partition coefficient (Wildman–Crippen LogP) is 0.387. The van der Waals surface area contributed by atoms with Gasteiger partial charge in [-0.15, -0.1) is 0 Å². The van der Waals surface area contributed by atoms with E-state index in [1.807, 2.05) is 0 Å². The molecule has 0 radical (unpaired) electrons. The summed E-state index contributed by atoms with van der Waals surface area (Å²) in [6.45, 7) is 8.23. The van der Waals surface area contributed by atoms with Gasteiger partial charge in [-0.2, -0.15) is 0 Å². The second-order valence-corrected chi connectivity index (χ2v) is 15.9. The molecule has 0 fully saturated rings. The molecule has 0 aromatic carbocycles. The molecule has 0 heterocycles. The van der Waals surface area contributed by atoms with Crippen molar-refractivity contribution in [2.45, 2.75) is 96.6 Å². The number of rotatable bonds is 19. The lowest BCUT2D eigenvalue weighted by atomic mass is 10.1. The molecule has 3 atom stereocenters. The highest BCUT2D eigenvalue weighted by Gasteiger charge is 2.62. The van der Waals surface area contributed by atoms with Gasteiger partial charge in [0.1, 0.15) is 12.1 Å². The van der Waals surface area contributed by atoms with E-state index in [0.717, 1.165) is 27.7 Å². The zero-order valence-electron chi connectivity index (χ0n) is 26.2. The number of hydrogen-bond donors (Lipinski definition) is 6. The molecule has 20 heteroatoms. The van der Waals surface area contributed by atoms with Gasteiger partial charge in [0.05, 0.1) is 0 Å². The summed E-state index contributed by atoms with van der Waals surface area (Å²) in [5.74, 6) is -5.05. The molecular formula is C24H47N3O15P2. The van der Waals surface area contributed by atoms with Crippen molar-refractivity contribution in [1.82, 2.24) is 0 Å². The third-order valence-electron chi connectivity index (χ3n) is 6.12. The minimum atomic E-state index is -5.77. The second kappa shape index (κ2) is 16.5. The lowest BCUT2D eigenvalue weighted by Gasteiger charge is -2.34. The Bertz CT molecular complexity index is 1050. The van der Waals surface area contributed by atoms with Crippen LogP contribution in [-0.4, -0.2) is 87.3 Å². The van der Waals surface area contributed by atoms with Gasteiger partial charge < -0.3 is 51.0 Å². The number of nitrogens with two attached hydrogens (primary N) is 3. The predicted molar refractivity (Wildman–Crippen MR) is 153 cm³/mol. The largest absolute Gasteiger partial charge is 0.446 e. The lowest BCUT2D eigenvalue weighted by Crippen LogP contribution is -2.46. The third-order valence-corrected chi connectivity index (χ3v) is 10.8. The Hall–Kier alpha value is -1.98. The molecule has 18 nitrogen and oxygen atoms in total. The van der Waals surface area contributed by atoms with Crippen molar-refractivity contribution >= 4 is 39.1 Å². The van der Waals surface area contributed by atoms with Crippen molar-refractivity contribution in [3.05, 3.63) is 0 Å².